The Bertz CT molecular complexity index is 1050. The third kappa shape index (κ3) is 9.51. The van der Waals surface area contributed by atoms with E-state index >= 15 is 0 Å². The molecular formula is C30H38Cl2N2O3. The number of ether oxygens (including phenoxy) is 2. The van der Waals surface area contributed by atoms with Crippen molar-refractivity contribution in [3.8, 4) is 11.5 Å². The second kappa shape index (κ2) is 14.0. The van der Waals surface area contributed by atoms with E-state index in [9.17, 15) is 5.11 Å². The summed E-state index contributed by atoms with van der Waals surface area (Å²) >= 11 is 12.3. The van der Waals surface area contributed by atoms with E-state index < -0.39 is 6.10 Å². The van der Waals surface area contributed by atoms with E-state index in [0.29, 0.717) is 18.0 Å². The molecule has 0 saturated heterocycles. The van der Waals surface area contributed by atoms with Crippen LogP contribution in [0, 0.1) is 0 Å². The van der Waals surface area contributed by atoms with Gasteiger partial charge in [0.25, 0.3) is 0 Å². The minimum absolute atomic E-state index is 0.184. The maximum atomic E-state index is 10.5. The third-order valence-electron chi connectivity index (χ3n) is 6.33. The van der Waals surface area contributed by atoms with Gasteiger partial charge in [-0.15, -0.1) is 0 Å². The van der Waals surface area contributed by atoms with Gasteiger partial charge in [0, 0.05) is 34.6 Å². The molecule has 2 N–H and O–H groups in total. The Kier molecular flexibility index (Phi) is 11.1. The molecule has 0 fully saturated rings. The zero-order valence-corrected chi connectivity index (χ0v) is 23.6. The molecule has 0 radical (unpaired) electrons. The molecule has 3 rings (SSSR count). The van der Waals surface area contributed by atoms with Crippen molar-refractivity contribution in [2.45, 2.75) is 37.8 Å². The summed E-state index contributed by atoms with van der Waals surface area (Å²) in [5, 5.41) is 15.4. The van der Waals surface area contributed by atoms with Crippen LogP contribution in [0.4, 0.5) is 0 Å². The summed E-state index contributed by atoms with van der Waals surface area (Å²) < 4.78 is 11.1. The summed E-state index contributed by atoms with van der Waals surface area (Å²) in [6.45, 7) is 6.62. The highest BCUT2D eigenvalue weighted by Crippen LogP contribution is 2.30. The molecule has 0 aliphatic rings. The summed E-state index contributed by atoms with van der Waals surface area (Å²) in [7, 11) is 3.73. The van der Waals surface area contributed by atoms with Gasteiger partial charge < -0.3 is 24.8 Å². The van der Waals surface area contributed by atoms with Gasteiger partial charge in [0.05, 0.1) is 7.11 Å². The average Bonchev–Trinajstić information content (AvgIpc) is 2.88. The minimum Gasteiger partial charge on any atom is -0.493 e. The van der Waals surface area contributed by atoms with Gasteiger partial charge in [-0.3, -0.25) is 0 Å². The number of aliphatic hydroxyl groups excluding tert-OH is 1. The van der Waals surface area contributed by atoms with Crippen LogP contribution in [0.1, 0.15) is 37.3 Å². The van der Waals surface area contributed by atoms with Crippen molar-refractivity contribution >= 4 is 23.2 Å². The van der Waals surface area contributed by atoms with Gasteiger partial charge in [0.2, 0.25) is 0 Å². The van der Waals surface area contributed by atoms with Gasteiger partial charge in [-0.25, -0.2) is 0 Å². The summed E-state index contributed by atoms with van der Waals surface area (Å²) in [6, 6.07) is 23.6. The summed E-state index contributed by atoms with van der Waals surface area (Å²) in [5.74, 6) is 1.51. The molecule has 0 spiro atoms. The number of nitrogens with zero attached hydrogens (tertiary/aromatic N) is 1. The lowest BCUT2D eigenvalue weighted by Crippen LogP contribution is -2.51. The Hall–Kier alpha value is -2.28. The van der Waals surface area contributed by atoms with Crippen LogP contribution in [0.2, 0.25) is 10.0 Å². The number of aliphatic hydroxyl groups is 1. The smallest absolute Gasteiger partial charge is 0.161 e. The fraction of sp³-hybridized carbons (Fsp3) is 0.400. The molecule has 1 unspecified atom stereocenters. The van der Waals surface area contributed by atoms with Crippen LogP contribution in [-0.4, -0.2) is 62.0 Å². The first-order valence-electron chi connectivity index (χ1n) is 12.6. The Labute approximate surface area is 231 Å². The van der Waals surface area contributed by atoms with Gasteiger partial charge in [-0.2, -0.15) is 0 Å². The van der Waals surface area contributed by atoms with Crippen molar-refractivity contribution in [2.24, 2.45) is 0 Å². The van der Waals surface area contributed by atoms with Gasteiger partial charge in [0.1, 0.15) is 12.7 Å². The summed E-state index contributed by atoms with van der Waals surface area (Å²) in [6.07, 6.45) is 0.305. The Morgan fingerprint density at radius 3 is 1.97 bits per heavy atom. The molecule has 1 atom stereocenters. The molecule has 0 aromatic heterocycles. The van der Waals surface area contributed by atoms with Crippen molar-refractivity contribution in [3.63, 3.8) is 0 Å². The molecule has 5 nitrogen and oxygen atoms in total. The van der Waals surface area contributed by atoms with E-state index in [1.54, 1.807) is 7.11 Å². The quantitative estimate of drug-likeness (QED) is 0.250. The third-order valence-corrected chi connectivity index (χ3v) is 6.83. The number of β-amino-alcohol motifs (C(OH)–C–C–N with tert-alkyl or cyclic N) is 1. The van der Waals surface area contributed by atoms with Crippen molar-refractivity contribution in [3.05, 3.63) is 94.0 Å². The number of para-hydroxylation sites is 2. The molecule has 0 heterocycles. The van der Waals surface area contributed by atoms with Crippen LogP contribution >= 0.6 is 23.2 Å². The van der Waals surface area contributed by atoms with Crippen molar-refractivity contribution in [2.75, 3.05) is 40.4 Å². The number of hydrogen-bond donors (Lipinski definition) is 2. The lowest BCUT2D eigenvalue weighted by molar-refractivity contribution is 0.0936. The van der Waals surface area contributed by atoms with Crippen molar-refractivity contribution < 1.29 is 14.6 Å². The predicted octanol–water partition coefficient (Wildman–Crippen LogP) is 6.26. The highest BCUT2D eigenvalue weighted by molar-refractivity contribution is 6.30. The number of halogens is 2. The number of methoxy groups -OCH3 is 1. The summed E-state index contributed by atoms with van der Waals surface area (Å²) in [4.78, 5) is 2.32. The molecule has 0 aliphatic carbocycles. The lowest BCUT2D eigenvalue weighted by atomic mass is 9.88. The Morgan fingerprint density at radius 2 is 1.43 bits per heavy atom. The lowest BCUT2D eigenvalue weighted by Gasteiger charge is -2.33. The molecule has 200 valence electrons. The second-order valence-corrected chi connectivity index (χ2v) is 10.9. The zero-order chi connectivity index (χ0) is 26.8. The van der Waals surface area contributed by atoms with E-state index in [-0.39, 0.29) is 18.1 Å². The molecule has 7 heteroatoms. The van der Waals surface area contributed by atoms with E-state index in [2.05, 4.69) is 55.4 Å². The van der Waals surface area contributed by atoms with Crippen LogP contribution in [0.5, 0.6) is 11.5 Å². The number of benzene rings is 3. The highest BCUT2D eigenvalue weighted by Gasteiger charge is 2.22. The van der Waals surface area contributed by atoms with Gasteiger partial charge in [0.15, 0.2) is 11.5 Å². The average molecular weight is 546 g/mol. The monoisotopic (exact) mass is 544 g/mol. The van der Waals surface area contributed by atoms with Crippen molar-refractivity contribution in [1.82, 2.24) is 10.2 Å². The van der Waals surface area contributed by atoms with Crippen LogP contribution in [0.15, 0.2) is 72.8 Å². The summed E-state index contributed by atoms with van der Waals surface area (Å²) in [5.41, 5.74) is 2.27. The Morgan fingerprint density at radius 1 is 0.892 bits per heavy atom. The number of nitrogens with one attached hydrogen (secondary N) is 1. The number of hydrogen-bond acceptors (Lipinski definition) is 5. The maximum absolute atomic E-state index is 10.5. The maximum Gasteiger partial charge on any atom is 0.161 e. The van der Waals surface area contributed by atoms with E-state index in [1.807, 2.05) is 48.5 Å². The molecule has 3 aromatic carbocycles. The molecule has 3 aromatic rings. The van der Waals surface area contributed by atoms with Gasteiger partial charge in [-0.05, 0) is 81.4 Å². The number of likely N-dealkylation sites (N-methyl/N-ethyl adjacent to an activating group) is 1. The normalized spacial score (nSPS) is 12.7. The highest BCUT2D eigenvalue weighted by atomic mass is 35.5. The number of rotatable bonds is 14. The van der Waals surface area contributed by atoms with Gasteiger partial charge in [-0.1, -0.05) is 59.6 Å². The van der Waals surface area contributed by atoms with Crippen LogP contribution < -0.4 is 14.8 Å². The molecule has 0 aliphatic heterocycles. The molecule has 0 bridgehead atoms. The molecule has 37 heavy (non-hydrogen) atoms. The van der Waals surface area contributed by atoms with E-state index in [4.69, 9.17) is 32.7 Å². The SMILES string of the molecule is COc1ccccc1OCC(O)CNC(C)(C)CN(C)CCC(c1ccc(Cl)cc1)c1ccc(Cl)cc1. The largest absolute Gasteiger partial charge is 0.493 e. The first kappa shape index (κ1) is 29.3. The second-order valence-electron chi connectivity index (χ2n) is 10.1. The fourth-order valence-corrected chi connectivity index (χ4v) is 4.70. The van der Waals surface area contributed by atoms with E-state index in [1.165, 1.54) is 11.1 Å². The molecular weight excluding hydrogens is 507 g/mol. The van der Waals surface area contributed by atoms with Crippen molar-refractivity contribution in [1.29, 1.82) is 0 Å². The predicted molar refractivity (Wildman–Crippen MR) is 153 cm³/mol. The van der Waals surface area contributed by atoms with E-state index in [0.717, 1.165) is 29.6 Å². The fourth-order valence-electron chi connectivity index (χ4n) is 4.45. The minimum atomic E-state index is -0.645. The van der Waals surface area contributed by atoms with Crippen LogP contribution in [0.25, 0.3) is 0 Å². The Balaban J connectivity index is 1.51. The van der Waals surface area contributed by atoms with Crippen LogP contribution in [0.3, 0.4) is 0 Å². The zero-order valence-electron chi connectivity index (χ0n) is 22.1. The topological polar surface area (TPSA) is 54.0 Å². The first-order chi connectivity index (χ1) is 17.7. The standard InChI is InChI=1S/C30H38Cl2N2O3/c1-30(2,33-19-26(35)20-37-29-8-6-5-7-28(29)36-4)21-34(3)18-17-27(22-9-13-24(31)14-10-22)23-11-15-25(32)16-12-23/h5-16,26-27,33,35H,17-21H2,1-4H3. The molecule has 0 amide bonds. The van der Waals surface area contributed by atoms with Crippen LogP contribution in [-0.2, 0) is 0 Å². The van der Waals surface area contributed by atoms with Gasteiger partial charge >= 0.3 is 0 Å². The molecule has 0 saturated carbocycles. The first-order valence-corrected chi connectivity index (χ1v) is 13.3.